The van der Waals surface area contributed by atoms with Crippen molar-refractivity contribution in [1.29, 1.82) is 0 Å². The number of rotatable bonds is 5. The topological polar surface area (TPSA) is 0 Å². The van der Waals surface area contributed by atoms with Gasteiger partial charge in [-0.1, -0.05) is 85.3 Å². The van der Waals surface area contributed by atoms with Gasteiger partial charge in [0.05, 0.1) is 0 Å². The maximum atomic E-state index is 2.64. The predicted molar refractivity (Wildman–Crippen MR) is 107 cm³/mol. The Morgan fingerprint density at radius 2 is 1.64 bits per heavy atom. The van der Waals surface area contributed by atoms with Gasteiger partial charge in [-0.2, -0.15) is 0 Å². The van der Waals surface area contributed by atoms with Gasteiger partial charge in [0.2, 0.25) is 0 Å². The standard InChI is InChI=1S/C20H42B2/c1-7-18(22)16(4)19(17(5)21)20(6)12-8-9-14(2)10-11-15(3)13-20/h14-19H,7-13,21-22H2,1-6H3. The minimum atomic E-state index is 0.542. The molecular formula is C20H42B2. The van der Waals surface area contributed by atoms with Crippen LogP contribution >= 0.6 is 0 Å². The molecule has 0 nitrogen and oxygen atoms in total. The van der Waals surface area contributed by atoms with Crippen LogP contribution in [0.5, 0.6) is 0 Å². The van der Waals surface area contributed by atoms with Gasteiger partial charge < -0.3 is 0 Å². The van der Waals surface area contributed by atoms with E-state index in [1.165, 1.54) is 44.9 Å². The molecule has 7 atom stereocenters. The summed E-state index contributed by atoms with van der Waals surface area (Å²) in [5, 5.41) is 0. The van der Waals surface area contributed by atoms with Crippen molar-refractivity contribution >= 4 is 15.7 Å². The molecule has 0 spiro atoms. The Morgan fingerprint density at radius 3 is 2.18 bits per heavy atom. The van der Waals surface area contributed by atoms with E-state index in [0.717, 1.165) is 35.3 Å². The maximum absolute atomic E-state index is 2.64. The van der Waals surface area contributed by atoms with Crippen LogP contribution in [0.3, 0.4) is 0 Å². The molecule has 7 unspecified atom stereocenters. The first-order valence-corrected chi connectivity index (χ1v) is 10.2. The Kier molecular flexibility index (Phi) is 8.10. The maximum Gasteiger partial charge on any atom is 0.105 e. The third-order valence-corrected chi connectivity index (χ3v) is 7.04. The van der Waals surface area contributed by atoms with Crippen LogP contribution in [0.2, 0.25) is 11.6 Å². The van der Waals surface area contributed by atoms with Gasteiger partial charge in [0.1, 0.15) is 15.7 Å². The molecule has 0 amide bonds. The van der Waals surface area contributed by atoms with Crippen LogP contribution in [0.4, 0.5) is 0 Å². The smallest absolute Gasteiger partial charge is 0.0694 e. The molecule has 1 fully saturated rings. The van der Waals surface area contributed by atoms with Crippen LogP contribution in [0.25, 0.3) is 0 Å². The molecule has 0 heterocycles. The Morgan fingerprint density at radius 1 is 1.05 bits per heavy atom. The molecule has 0 N–H and O–H groups in total. The monoisotopic (exact) mass is 304 g/mol. The Bertz CT molecular complexity index is 315. The lowest BCUT2D eigenvalue weighted by Gasteiger charge is -2.47. The highest BCUT2D eigenvalue weighted by atomic mass is 14.4. The summed E-state index contributed by atoms with van der Waals surface area (Å²) in [6.07, 6.45) is 10.0. The normalized spacial score (nSPS) is 36.5. The van der Waals surface area contributed by atoms with Crippen LogP contribution in [0.1, 0.15) is 86.5 Å². The van der Waals surface area contributed by atoms with E-state index in [1.807, 2.05) is 0 Å². The van der Waals surface area contributed by atoms with Gasteiger partial charge in [0.25, 0.3) is 0 Å². The van der Waals surface area contributed by atoms with Crippen molar-refractivity contribution in [3.05, 3.63) is 0 Å². The zero-order valence-corrected chi connectivity index (χ0v) is 16.9. The van der Waals surface area contributed by atoms with E-state index in [-0.39, 0.29) is 0 Å². The molecule has 1 aliphatic carbocycles. The van der Waals surface area contributed by atoms with Crippen LogP contribution < -0.4 is 0 Å². The molecule has 0 aromatic carbocycles. The van der Waals surface area contributed by atoms with E-state index in [2.05, 4.69) is 57.2 Å². The summed E-state index contributed by atoms with van der Waals surface area (Å²) in [6, 6.07) is 0. The van der Waals surface area contributed by atoms with E-state index >= 15 is 0 Å². The average molecular weight is 304 g/mol. The van der Waals surface area contributed by atoms with Crippen molar-refractivity contribution in [3.63, 3.8) is 0 Å². The summed E-state index contributed by atoms with van der Waals surface area (Å²) < 4.78 is 0. The van der Waals surface area contributed by atoms with E-state index < -0.39 is 0 Å². The van der Waals surface area contributed by atoms with Gasteiger partial charge in [-0.3, -0.25) is 0 Å². The van der Waals surface area contributed by atoms with Crippen molar-refractivity contribution in [2.45, 2.75) is 98.1 Å². The van der Waals surface area contributed by atoms with Gasteiger partial charge in [-0.15, -0.1) is 0 Å². The highest BCUT2D eigenvalue weighted by Gasteiger charge is 2.41. The van der Waals surface area contributed by atoms with E-state index in [4.69, 9.17) is 0 Å². The quantitative estimate of drug-likeness (QED) is 0.617. The Labute approximate surface area is 143 Å². The van der Waals surface area contributed by atoms with Crippen LogP contribution in [0.15, 0.2) is 0 Å². The summed E-state index contributed by atoms with van der Waals surface area (Å²) in [6.45, 7) is 15.0. The summed E-state index contributed by atoms with van der Waals surface area (Å²) in [5.41, 5.74) is 0.542. The zero-order valence-electron chi connectivity index (χ0n) is 16.9. The molecule has 1 rings (SSSR count). The van der Waals surface area contributed by atoms with Gasteiger partial charge in [-0.25, -0.2) is 0 Å². The summed E-state index contributed by atoms with van der Waals surface area (Å²) >= 11 is 0. The molecule has 0 aromatic rings. The van der Waals surface area contributed by atoms with E-state index in [1.54, 1.807) is 0 Å². The van der Waals surface area contributed by atoms with Gasteiger partial charge in [0, 0.05) is 0 Å². The first-order chi connectivity index (χ1) is 10.2. The molecule has 0 radical (unpaired) electrons. The molecule has 2 heteroatoms. The van der Waals surface area contributed by atoms with Gasteiger partial charge in [-0.05, 0) is 41.9 Å². The zero-order chi connectivity index (χ0) is 16.9. The molecular weight excluding hydrogens is 262 g/mol. The Hall–Kier alpha value is 0.130. The van der Waals surface area contributed by atoms with Gasteiger partial charge in [0.15, 0.2) is 0 Å². The van der Waals surface area contributed by atoms with E-state index in [9.17, 15) is 0 Å². The molecule has 128 valence electrons. The summed E-state index contributed by atoms with van der Waals surface area (Å²) in [5.74, 6) is 5.22. The third kappa shape index (κ3) is 5.34. The molecule has 1 aliphatic rings. The van der Waals surface area contributed by atoms with Crippen LogP contribution in [-0.2, 0) is 0 Å². The Balaban J connectivity index is 3.00. The lowest BCUT2D eigenvalue weighted by molar-refractivity contribution is 0.0754. The molecule has 22 heavy (non-hydrogen) atoms. The van der Waals surface area contributed by atoms with Crippen LogP contribution in [0, 0.1) is 29.1 Å². The minimum Gasteiger partial charge on any atom is -0.0694 e. The summed E-state index contributed by atoms with van der Waals surface area (Å²) in [4.78, 5) is 0. The summed E-state index contributed by atoms with van der Waals surface area (Å²) in [7, 11) is 4.96. The number of hydrogen-bond acceptors (Lipinski definition) is 0. The fourth-order valence-electron chi connectivity index (χ4n) is 5.64. The lowest BCUT2D eigenvalue weighted by Crippen LogP contribution is -2.37. The minimum absolute atomic E-state index is 0.542. The van der Waals surface area contributed by atoms with Crippen molar-refractivity contribution in [3.8, 4) is 0 Å². The van der Waals surface area contributed by atoms with Gasteiger partial charge >= 0.3 is 0 Å². The molecule has 0 bridgehead atoms. The fourth-order valence-corrected chi connectivity index (χ4v) is 5.64. The van der Waals surface area contributed by atoms with E-state index in [0.29, 0.717) is 5.41 Å². The van der Waals surface area contributed by atoms with Crippen molar-refractivity contribution in [2.24, 2.45) is 29.1 Å². The largest absolute Gasteiger partial charge is 0.105 e. The van der Waals surface area contributed by atoms with Crippen molar-refractivity contribution in [2.75, 3.05) is 0 Å². The highest BCUT2D eigenvalue weighted by molar-refractivity contribution is 6.13. The van der Waals surface area contributed by atoms with Crippen LogP contribution in [-0.4, -0.2) is 15.7 Å². The second-order valence-electron chi connectivity index (χ2n) is 9.55. The SMILES string of the molecule is BC(C)C(C(C)C(B)CC)C1(C)CCCC(C)CCC(C)C1. The number of hydrogen-bond donors (Lipinski definition) is 0. The average Bonchev–Trinajstić information content (AvgIpc) is 2.48. The van der Waals surface area contributed by atoms with Crippen molar-refractivity contribution < 1.29 is 0 Å². The molecule has 0 aromatic heterocycles. The first-order valence-electron chi connectivity index (χ1n) is 10.2. The second kappa shape index (κ2) is 8.84. The molecule has 0 saturated heterocycles. The van der Waals surface area contributed by atoms with Crippen molar-refractivity contribution in [1.82, 2.24) is 0 Å². The highest BCUT2D eigenvalue weighted by Crippen LogP contribution is 2.51. The first kappa shape index (κ1) is 20.2. The second-order valence-corrected chi connectivity index (χ2v) is 9.55. The fraction of sp³-hybridized carbons (Fsp3) is 1.00. The molecule has 1 saturated carbocycles. The predicted octanol–water partition coefficient (Wildman–Crippen LogP) is 5.14. The third-order valence-electron chi connectivity index (χ3n) is 7.04. The molecule has 0 aliphatic heterocycles. The lowest BCUT2D eigenvalue weighted by atomic mass is 9.52.